The number of likely N-dealkylation sites (tertiary alicyclic amines) is 1. The molecule has 0 spiro atoms. The Morgan fingerprint density at radius 3 is 2.49 bits per heavy atom. The molecule has 37 heavy (non-hydrogen) atoms. The van der Waals surface area contributed by atoms with Gasteiger partial charge in [0.05, 0.1) is 11.1 Å². The number of nitrogens with zero attached hydrogens (tertiary/aromatic N) is 2. The highest BCUT2D eigenvalue weighted by Gasteiger charge is 2.26. The highest BCUT2D eigenvalue weighted by Crippen LogP contribution is 2.28. The van der Waals surface area contributed by atoms with Crippen molar-refractivity contribution in [1.29, 1.82) is 0 Å². The number of rotatable bonds is 7. The van der Waals surface area contributed by atoms with E-state index in [4.69, 9.17) is 11.6 Å². The molecule has 0 radical (unpaired) electrons. The summed E-state index contributed by atoms with van der Waals surface area (Å²) in [7, 11) is 0. The minimum absolute atomic E-state index is 0.0868. The van der Waals surface area contributed by atoms with Crippen LogP contribution in [-0.4, -0.2) is 40.8 Å². The van der Waals surface area contributed by atoms with Crippen LogP contribution in [-0.2, 0) is 17.8 Å². The molecule has 1 N–H and O–H groups in total. The van der Waals surface area contributed by atoms with E-state index in [1.54, 1.807) is 22.9 Å². The lowest BCUT2D eigenvalue weighted by molar-refractivity contribution is -0.107. The first-order chi connectivity index (χ1) is 17.9. The van der Waals surface area contributed by atoms with Gasteiger partial charge in [0.2, 0.25) is 0 Å². The summed E-state index contributed by atoms with van der Waals surface area (Å²) in [5.41, 5.74) is 3.62. The van der Waals surface area contributed by atoms with Crippen LogP contribution in [0.1, 0.15) is 34.3 Å². The van der Waals surface area contributed by atoms with Crippen LogP contribution in [0.15, 0.2) is 66.9 Å². The average Bonchev–Trinajstić information content (AvgIpc) is 3.22. The summed E-state index contributed by atoms with van der Waals surface area (Å²) in [5.74, 6) is -1.38. The molecule has 0 bridgehead atoms. The van der Waals surface area contributed by atoms with Gasteiger partial charge in [-0.2, -0.15) is 0 Å². The summed E-state index contributed by atoms with van der Waals surface area (Å²) in [6.45, 7) is 1.37. The van der Waals surface area contributed by atoms with Crippen molar-refractivity contribution in [3.8, 4) is 0 Å². The summed E-state index contributed by atoms with van der Waals surface area (Å²) < 4.78 is 29.3. The third-order valence-electron chi connectivity index (χ3n) is 6.81. The molecule has 5 rings (SSSR count). The van der Waals surface area contributed by atoms with Gasteiger partial charge >= 0.3 is 0 Å². The lowest BCUT2D eigenvalue weighted by atomic mass is 10.0. The fourth-order valence-electron chi connectivity index (χ4n) is 5.01. The number of nitrogens with one attached hydrogen (secondary N) is 1. The largest absolute Gasteiger partial charge is 0.382 e. The molecule has 2 heterocycles. The average molecular weight is 522 g/mol. The van der Waals surface area contributed by atoms with Crippen molar-refractivity contribution in [1.82, 2.24) is 9.47 Å². The number of hydrogen-bond acceptors (Lipinski definition) is 3. The van der Waals surface area contributed by atoms with Crippen LogP contribution in [0.3, 0.4) is 0 Å². The Kier molecular flexibility index (Phi) is 7.24. The van der Waals surface area contributed by atoms with Crippen molar-refractivity contribution < 1.29 is 18.4 Å². The molecule has 1 saturated heterocycles. The Morgan fingerprint density at radius 1 is 1.03 bits per heavy atom. The number of piperidine rings is 1. The van der Waals surface area contributed by atoms with Gasteiger partial charge in [-0.3, -0.25) is 4.79 Å². The number of aromatic nitrogens is 1. The Hall–Kier alpha value is -3.71. The van der Waals surface area contributed by atoms with Crippen molar-refractivity contribution in [2.24, 2.45) is 0 Å². The maximum absolute atomic E-state index is 13.8. The van der Waals surface area contributed by atoms with Crippen molar-refractivity contribution in [2.45, 2.75) is 31.8 Å². The number of aldehydes is 1. The molecule has 1 aliphatic rings. The van der Waals surface area contributed by atoms with Gasteiger partial charge in [0, 0.05) is 60.5 Å². The molecule has 3 aromatic carbocycles. The Balaban J connectivity index is 1.33. The predicted molar refractivity (Wildman–Crippen MR) is 141 cm³/mol. The molecule has 8 heteroatoms. The number of para-hydroxylation sites is 1. The second-order valence-corrected chi connectivity index (χ2v) is 9.79. The number of carbonyl (C=O) groups excluding carboxylic acids is 2. The Morgan fingerprint density at radius 2 is 1.76 bits per heavy atom. The van der Waals surface area contributed by atoms with Crippen LogP contribution < -0.4 is 5.32 Å². The molecular weight excluding hydrogens is 496 g/mol. The van der Waals surface area contributed by atoms with E-state index in [9.17, 15) is 18.4 Å². The maximum Gasteiger partial charge on any atom is 0.256 e. The third-order valence-corrected chi connectivity index (χ3v) is 7.05. The van der Waals surface area contributed by atoms with Crippen molar-refractivity contribution in [3.05, 3.63) is 100 Å². The highest BCUT2D eigenvalue weighted by molar-refractivity contribution is 6.31. The van der Waals surface area contributed by atoms with E-state index in [2.05, 4.69) is 5.32 Å². The standard InChI is InChI=1S/C29H26ClF2N3O2/c30-21-5-6-25-26(18-35(28(25)15-21)17-19-13-22(31)16-23(32)14-19)29(37)34-10-7-24(8-11-34)33-27-4-2-1-3-20(27)9-12-36/h1-6,12-16,18,24,33H,7-11,17H2. The quantitative estimate of drug-likeness (QED) is 0.300. The molecule has 190 valence electrons. The van der Waals surface area contributed by atoms with Gasteiger partial charge in [-0.1, -0.05) is 35.9 Å². The lowest BCUT2D eigenvalue weighted by Gasteiger charge is -2.33. The first kappa shape index (κ1) is 25.0. The fourth-order valence-corrected chi connectivity index (χ4v) is 5.18. The number of anilines is 1. The van der Waals surface area contributed by atoms with Crippen LogP contribution in [0.25, 0.3) is 10.9 Å². The summed E-state index contributed by atoms with van der Waals surface area (Å²) in [4.78, 5) is 26.4. The number of carbonyl (C=O) groups is 2. The van der Waals surface area contributed by atoms with E-state index in [-0.39, 0.29) is 18.5 Å². The first-order valence-electron chi connectivity index (χ1n) is 12.2. The SMILES string of the molecule is O=CCc1ccccc1NC1CCN(C(=O)c2cn(Cc3cc(F)cc(F)c3)c3cc(Cl)ccc23)CC1. The molecule has 0 unspecified atom stereocenters. The third kappa shape index (κ3) is 5.52. The molecule has 0 aliphatic carbocycles. The number of halogens is 3. The molecule has 5 nitrogen and oxygen atoms in total. The van der Waals surface area contributed by atoms with E-state index in [0.29, 0.717) is 35.7 Å². The van der Waals surface area contributed by atoms with Gasteiger partial charge in [-0.05, 0) is 54.3 Å². The van der Waals surface area contributed by atoms with Gasteiger partial charge in [0.25, 0.3) is 5.91 Å². The van der Waals surface area contributed by atoms with Crippen molar-refractivity contribution in [3.63, 3.8) is 0 Å². The number of amides is 1. The minimum atomic E-state index is -0.647. The van der Waals surface area contributed by atoms with Gasteiger partial charge in [0.15, 0.2) is 0 Å². The van der Waals surface area contributed by atoms with E-state index < -0.39 is 11.6 Å². The summed E-state index contributed by atoms with van der Waals surface area (Å²) in [5, 5.41) is 4.79. The van der Waals surface area contributed by atoms with E-state index in [1.165, 1.54) is 12.1 Å². The molecule has 0 saturated carbocycles. The second-order valence-electron chi connectivity index (χ2n) is 9.35. The molecule has 1 fully saturated rings. The van der Waals surface area contributed by atoms with Gasteiger partial charge in [-0.15, -0.1) is 0 Å². The van der Waals surface area contributed by atoms with Gasteiger partial charge < -0.3 is 19.6 Å². The van der Waals surface area contributed by atoms with E-state index in [1.807, 2.05) is 35.2 Å². The van der Waals surface area contributed by atoms with Crippen LogP contribution in [0, 0.1) is 11.6 Å². The number of hydrogen-bond donors (Lipinski definition) is 1. The minimum Gasteiger partial charge on any atom is -0.382 e. The summed E-state index contributed by atoms with van der Waals surface area (Å²) in [6.07, 6.45) is 4.54. The van der Waals surface area contributed by atoms with Crippen LogP contribution >= 0.6 is 11.6 Å². The van der Waals surface area contributed by atoms with Crippen LogP contribution in [0.5, 0.6) is 0 Å². The Bertz CT molecular complexity index is 1440. The molecular formula is C29H26ClF2N3O2. The summed E-state index contributed by atoms with van der Waals surface area (Å²) in [6, 6.07) is 16.7. The second kappa shape index (κ2) is 10.7. The predicted octanol–water partition coefficient (Wildman–Crippen LogP) is 6.08. The summed E-state index contributed by atoms with van der Waals surface area (Å²) >= 11 is 6.24. The highest BCUT2D eigenvalue weighted by atomic mass is 35.5. The van der Waals surface area contributed by atoms with Crippen molar-refractivity contribution >= 4 is 40.4 Å². The molecule has 4 aromatic rings. The smallest absolute Gasteiger partial charge is 0.256 e. The van der Waals surface area contributed by atoms with Crippen LogP contribution in [0.2, 0.25) is 5.02 Å². The Labute approximate surface area is 218 Å². The first-order valence-corrected chi connectivity index (χ1v) is 12.6. The van der Waals surface area contributed by atoms with Gasteiger partial charge in [0.1, 0.15) is 17.9 Å². The van der Waals surface area contributed by atoms with E-state index >= 15 is 0 Å². The molecule has 0 atom stereocenters. The maximum atomic E-state index is 13.8. The monoisotopic (exact) mass is 521 g/mol. The zero-order valence-electron chi connectivity index (χ0n) is 20.1. The van der Waals surface area contributed by atoms with Gasteiger partial charge in [-0.25, -0.2) is 8.78 Å². The zero-order chi connectivity index (χ0) is 25.9. The molecule has 1 amide bonds. The lowest BCUT2D eigenvalue weighted by Crippen LogP contribution is -2.42. The topological polar surface area (TPSA) is 54.3 Å². The molecule has 1 aromatic heterocycles. The normalized spacial score (nSPS) is 14.2. The molecule has 1 aliphatic heterocycles. The van der Waals surface area contributed by atoms with Crippen LogP contribution in [0.4, 0.5) is 14.5 Å². The van der Waals surface area contributed by atoms with Crippen molar-refractivity contribution in [2.75, 3.05) is 18.4 Å². The van der Waals surface area contributed by atoms with E-state index in [0.717, 1.165) is 47.3 Å². The number of fused-ring (bicyclic) bond motifs is 1. The fraction of sp³-hybridized carbons (Fsp3) is 0.241. The zero-order valence-corrected chi connectivity index (χ0v) is 20.8. The number of benzene rings is 3.